The number of hydrogen-bond donors (Lipinski definition) is 1. The zero-order valence-electron chi connectivity index (χ0n) is 16.6. The van der Waals surface area contributed by atoms with Gasteiger partial charge in [0, 0.05) is 12.1 Å². The molecule has 1 aliphatic heterocycles. The number of furan rings is 2. The fourth-order valence-corrected chi connectivity index (χ4v) is 3.12. The van der Waals surface area contributed by atoms with Crippen molar-refractivity contribution < 1.29 is 32.9 Å². The van der Waals surface area contributed by atoms with Gasteiger partial charge in [0.1, 0.15) is 28.6 Å². The Kier molecular flexibility index (Phi) is 5.29. The minimum Gasteiger partial charge on any atom is -0.496 e. The number of urea groups is 1. The molecular weight excluding hydrogens is 422 g/mol. The quantitative estimate of drug-likeness (QED) is 0.268. The van der Waals surface area contributed by atoms with Gasteiger partial charge in [0.2, 0.25) is 0 Å². The normalized spacial score (nSPS) is 15.2. The van der Waals surface area contributed by atoms with E-state index in [1.807, 2.05) is 0 Å². The van der Waals surface area contributed by atoms with E-state index in [-0.39, 0.29) is 29.3 Å². The number of ether oxygens (including phenoxy) is 1. The monoisotopic (exact) mass is 437 g/mol. The summed E-state index contributed by atoms with van der Waals surface area (Å²) in [5.41, 5.74) is -0.158. The molecule has 0 spiro atoms. The Labute approximate surface area is 180 Å². The number of non-ortho nitro benzene ring substituents is 1. The second-order valence-electron chi connectivity index (χ2n) is 6.63. The van der Waals surface area contributed by atoms with Gasteiger partial charge in [-0.25, -0.2) is 4.79 Å². The first-order valence-electron chi connectivity index (χ1n) is 9.21. The van der Waals surface area contributed by atoms with E-state index in [1.165, 1.54) is 49.8 Å². The molecule has 0 atom stereocenters. The molecule has 0 aliphatic carbocycles. The molecule has 0 saturated carbocycles. The number of nitro benzene ring substituents is 1. The Morgan fingerprint density at radius 3 is 2.69 bits per heavy atom. The molecule has 1 aromatic carbocycles. The SMILES string of the molecule is COc1ccc([N+](=O)[O-])cc1-c1ccc(/C=C2\C(=O)NC(=O)N(Cc3ccco3)C2=O)o1. The highest BCUT2D eigenvalue weighted by molar-refractivity contribution is 6.30. The van der Waals surface area contributed by atoms with Gasteiger partial charge in [-0.15, -0.1) is 0 Å². The number of rotatable bonds is 6. The van der Waals surface area contributed by atoms with Crippen LogP contribution in [-0.2, 0) is 16.1 Å². The lowest BCUT2D eigenvalue weighted by molar-refractivity contribution is -0.384. The maximum Gasteiger partial charge on any atom is 0.331 e. The van der Waals surface area contributed by atoms with Crippen LogP contribution in [-0.4, -0.2) is 34.8 Å². The second-order valence-corrected chi connectivity index (χ2v) is 6.63. The molecule has 4 rings (SSSR count). The zero-order valence-corrected chi connectivity index (χ0v) is 16.6. The molecule has 1 fully saturated rings. The molecule has 0 radical (unpaired) electrons. The van der Waals surface area contributed by atoms with Gasteiger partial charge >= 0.3 is 6.03 Å². The third-order valence-corrected chi connectivity index (χ3v) is 4.65. The predicted octanol–water partition coefficient (Wildman–Crippen LogP) is 3.12. The van der Waals surface area contributed by atoms with Gasteiger partial charge in [-0.05, 0) is 36.4 Å². The number of barbiturate groups is 1. The van der Waals surface area contributed by atoms with Crippen LogP contribution in [0.3, 0.4) is 0 Å². The van der Waals surface area contributed by atoms with E-state index < -0.39 is 22.8 Å². The zero-order chi connectivity index (χ0) is 22.8. The average molecular weight is 437 g/mol. The summed E-state index contributed by atoms with van der Waals surface area (Å²) in [5, 5.41) is 13.2. The topological polar surface area (TPSA) is 145 Å². The molecule has 1 aliphatic rings. The Morgan fingerprint density at radius 2 is 2.00 bits per heavy atom. The second kappa shape index (κ2) is 8.22. The number of nitro groups is 1. The maximum absolute atomic E-state index is 12.8. The van der Waals surface area contributed by atoms with Crippen LogP contribution in [0.5, 0.6) is 5.75 Å². The van der Waals surface area contributed by atoms with Crippen molar-refractivity contribution in [2.45, 2.75) is 6.54 Å². The summed E-state index contributed by atoms with van der Waals surface area (Å²) in [6.45, 7) is -0.156. The number of nitrogens with one attached hydrogen (secondary N) is 1. The third-order valence-electron chi connectivity index (χ3n) is 4.65. The Morgan fingerprint density at radius 1 is 1.19 bits per heavy atom. The number of carbonyl (C=O) groups excluding carboxylic acids is 3. The number of methoxy groups -OCH3 is 1. The van der Waals surface area contributed by atoms with Crippen molar-refractivity contribution in [2.24, 2.45) is 0 Å². The van der Waals surface area contributed by atoms with Crippen LogP contribution in [0, 0.1) is 10.1 Å². The van der Waals surface area contributed by atoms with Crippen molar-refractivity contribution in [3.8, 4) is 17.1 Å². The minimum atomic E-state index is -0.874. The molecule has 4 amide bonds. The molecule has 162 valence electrons. The number of carbonyl (C=O) groups is 3. The number of amides is 4. The molecule has 32 heavy (non-hydrogen) atoms. The third kappa shape index (κ3) is 3.86. The van der Waals surface area contributed by atoms with Gasteiger partial charge in [0.05, 0.1) is 30.4 Å². The molecule has 1 N–H and O–H groups in total. The van der Waals surface area contributed by atoms with Crippen molar-refractivity contribution in [3.05, 3.63) is 75.9 Å². The van der Waals surface area contributed by atoms with Gasteiger partial charge in [-0.2, -0.15) is 0 Å². The lowest BCUT2D eigenvalue weighted by Crippen LogP contribution is -2.53. The first-order valence-corrected chi connectivity index (χ1v) is 9.21. The van der Waals surface area contributed by atoms with Gasteiger partial charge in [-0.1, -0.05) is 0 Å². The summed E-state index contributed by atoms with van der Waals surface area (Å²) < 4.78 is 16.1. The van der Waals surface area contributed by atoms with Crippen molar-refractivity contribution in [3.63, 3.8) is 0 Å². The first-order chi connectivity index (χ1) is 15.4. The van der Waals surface area contributed by atoms with Crippen LogP contribution in [0.4, 0.5) is 10.5 Å². The summed E-state index contributed by atoms with van der Waals surface area (Å²) in [6, 6.07) is 9.35. The number of hydrogen-bond acceptors (Lipinski definition) is 8. The van der Waals surface area contributed by atoms with Gasteiger partial charge in [-0.3, -0.25) is 29.9 Å². The molecule has 1 saturated heterocycles. The van der Waals surface area contributed by atoms with Gasteiger partial charge in [0.25, 0.3) is 17.5 Å². The fourth-order valence-electron chi connectivity index (χ4n) is 3.12. The summed E-state index contributed by atoms with van der Waals surface area (Å²) in [7, 11) is 1.41. The largest absolute Gasteiger partial charge is 0.496 e. The Bertz CT molecular complexity index is 1260. The molecule has 0 unspecified atom stereocenters. The Hall–Kier alpha value is -4.67. The summed E-state index contributed by atoms with van der Waals surface area (Å²) in [5.74, 6) is -0.641. The van der Waals surface area contributed by atoms with E-state index in [1.54, 1.807) is 12.1 Å². The average Bonchev–Trinajstić information content (AvgIpc) is 3.45. The fraction of sp³-hybridized carbons (Fsp3) is 0.0952. The predicted molar refractivity (Wildman–Crippen MR) is 108 cm³/mol. The smallest absolute Gasteiger partial charge is 0.331 e. The van der Waals surface area contributed by atoms with Crippen LogP contribution in [0.2, 0.25) is 0 Å². The van der Waals surface area contributed by atoms with Gasteiger partial charge < -0.3 is 13.6 Å². The molecule has 0 bridgehead atoms. The van der Waals surface area contributed by atoms with Gasteiger partial charge in [0.15, 0.2) is 0 Å². The van der Waals surface area contributed by atoms with Crippen LogP contribution in [0.15, 0.2) is 63.1 Å². The minimum absolute atomic E-state index is 0.124. The summed E-state index contributed by atoms with van der Waals surface area (Å²) >= 11 is 0. The number of nitrogens with zero attached hydrogens (tertiary/aromatic N) is 2. The highest BCUT2D eigenvalue weighted by atomic mass is 16.6. The highest BCUT2D eigenvalue weighted by Crippen LogP contribution is 2.35. The molecule has 3 aromatic rings. The summed E-state index contributed by atoms with van der Waals surface area (Å²) in [6.07, 6.45) is 2.59. The molecule has 11 heteroatoms. The van der Waals surface area contributed by atoms with Crippen LogP contribution < -0.4 is 10.1 Å². The van der Waals surface area contributed by atoms with Crippen LogP contribution in [0.25, 0.3) is 17.4 Å². The van der Waals surface area contributed by atoms with E-state index in [2.05, 4.69) is 5.32 Å². The molecule has 11 nitrogen and oxygen atoms in total. The summed E-state index contributed by atoms with van der Waals surface area (Å²) in [4.78, 5) is 48.5. The van der Waals surface area contributed by atoms with E-state index >= 15 is 0 Å². The molecular formula is C21H15N3O8. The Balaban J connectivity index is 1.65. The molecule has 2 aromatic heterocycles. The van der Waals surface area contributed by atoms with Crippen molar-refractivity contribution in [2.75, 3.05) is 7.11 Å². The van der Waals surface area contributed by atoms with Crippen LogP contribution in [0.1, 0.15) is 11.5 Å². The van der Waals surface area contributed by atoms with Crippen molar-refractivity contribution in [1.29, 1.82) is 0 Å². The maximum atomic E-state index is 12.8. The van der Waals surface area contributed by atoms with E-state index in [4.69, 9.17) is 13.6 Å². The van der Waals surface area contributed by atoms with Crippen LogP contribution >= 0.6 is 0 Å². The number of imide groups is 2. The highest BCUT2D eigenvalue weighted by Gasteiger charge is 2.36. The lowest BCUT2D eigenvalue weighted by atomic mass is 10.1. The van der Waals surface area contributed by atoms with E-state index in [0.717, 1.165) is 4.90 Å². The van der Waals surface area contributed by atoms with Crippen molar-refractivity contribution in [1.82, 2.24) is 10.2 Å². The van der Waals surface area contributed by atoms with E-state index in [9.17, 15) is 24.5 Å². The molecule has 3 heterocycles. The van der Waals surface area contributed by atoms with Crippen molar-refractivity contribution >= 4 is 29.6 Å². The first kappa shape index (κ1) is 20.6. The number of benzene rings is 1. The lowest BCUT2D eigenvalue weighted by Gasteiger charge is -2.25. The van der Waals surface area contributed by atoms with E-state index in [0.29, 0.717) is 17.1 Å². The standard InChI is InChI=1S/C21H15N3O8/c1-30-17-6-4-12(24(28)29)9-15(17)18-7-5-13(32-18)10-16-19(25)22-21(27)23(20(16)26)11-14-3-2-8-31-14/h2-10H,11H2,1H3,(H,22,25,27)/b16-10+.